The number of rotatable bonds is 14. The van der Waals surface area contributed by atoms with Crippen molar-refractivity contribution in [3.05, 3.63) is 42.6 Å². The Morgan fingerprint density at radius 1 is 0.821 bits per heavy atom. The zero-order valence-electron chi connectivity index (χ0n) is 17.3. The van der Waals surface area contributed by atoms with Crippen LogP contribution < -0.4 is 9.47 Å². The first kappa shape index (κ1) is 22.2. The molecule has 1 aromatic carbocycles. The van der Waals surface area contributed by atoms with Crippen LogP contribution in [0.4, 0.5) is 4.39 Å². The van der Waals surface area contributed by atoms with Crippen molar-refractivity contribution in [1.29, 1.82) is 0 Å². The number of halogens is 1. The maximum Gasteiger partial charge on any atom is 0.137 e. The molecule has 0 spiro atoms. The first-order valence-corrected chi connectivity index (χ1v) is 10.7. The van der Waals surface area contributed by atoms with E-state index in [0.717, 1.165) is 49.3 Å². The summed E-state index contributed by atoms with van der Waals surface area (Å²) in [5.74, 6) is 1.49. The van der Waals surface area contributed by atoms with Gasteiger partial charge in [-0.15, -0.1) is 0 Å². The quantitative estimate of drug-likeness (QED) is 0.327. The van der Waals surface area contributed by atoms with Crippen molar-refractivity contribution < 1.29 is 13.9 Å². The topological polar surface area (TPSA) is 31.4 Å². The van der Waals surface area contributed by atoms with Crippen LogP contribution in [-0.2, 0) is 0 Å². The highest BCUT2D eigenvalue weighted by Crippen LogP contribution is 2.23. The van der Waals surface area contributed by atoms with E-state index in [9.17, 15) is 4.39 Å². The SMILES string of the molecule is CCCCCCOc1ccc(-c2ccc(OCC(F)CCCCC)cn2)cc1. The monoisotopic (exact) mass is 387 g/mol. The van der Waals surface area contributed by atoms with Gasteiger partial charge in [-0.3, -0.25) is 4.98 Å². The zero-order valence-corrected chi connectivity index (χ0v) is 17.3. The molecule has 0 saturated heterocycles. The molecular weight excluding hydrogens is 353 g/mol. The largest absolute Gasteiger partial charge is 0.494 e. The number of ether oxygens (including phenoxy) is 2. The minimum atomic E-state index is -0.916. The molecule has 0 aliphatic heterocycles. The molecule has 0 N–H and O–H groups in total. The maximum absolute atomic E-state index is 13.8. The van der Waals surface area contributed by atoms with Crippen molar-refractivity contribution in [3.8, 4) is 22.8 Å². The Balaban J connectivity index is 1.77. The molecule has 0 radical (unpaired) electrons. The van der Waals surface area contributed by atoms with Crippen LogP contribution in [0.5, 0.6) is 11.5 Å². The van der Waals surface area contributed by atoms with Crippen molar-refractivity contribution in [2.24, 2.45) is 0 Å². The van der Waals surface area contributed by atoms with Gasteiger partial charge in [-0.2, -0.15) is 0 Å². The highest BCUT2D eigenvalue weighted by molar-refractivity contribution is 5.60. The van der Waals surface area contributed by atoms with E-state index in [1.807, 2.05) is 36.4 Å². The summed E-state index contributed by atoms with van der Waals surface area (Å²) in [6.45, 7) is 5.18. The lowest BCUT2D eigenvalue weighted by Gasteiger charge is -2.11. The number of nitrogens with zero attached hydrogens (tertiary/aromatic N) is 1. The highest BCUT2D eigenvalue weighted by atomic mass is 19.1. The lowest BCUT2D eigenvalue weighted by Crippen LogP contribution is -2.12. The summed E-state index contributed by atoms with van der Waals surface area (Å²) < 4.78 is 25.1. The molecule has 2 rings (SSSR count). The average Bonchev–Trinajstić information content (AvgIpc) is 2.73. The summed E-state index contributed by atoms with van der Waals surface area (Å²) in [6, 6.07) is 11.7. The van der Waals surface area contributed by atoms with Crippen LogP contribution in [0.25, 0.3) is 11.3 Å². The van der Waals surface area contributed by atoms with Gasteiger partial charge in [-0.05, 0) is 49.2 Å². The number of hydrogen-bond acceptors (Lipinski definition) is 3. The summed E-state index contributed by atoms with van der Waals surface area (Å²) in [6.07, 6.45) is 9.20. The maximum atomic E-state index is 13.8. The zero-order chi connectivity index (χ0) is 20.0. The number of benzene rings is 1. The molecule has 0 bridgehead atoms. The van der Waals surface area contributed by atoms with Crippen molar-refractivity contribution >= 4 is 0 Å². The van der Waals surface area contributed by atoms with Gasteiger partial charge in [-0.25, -0.2) is 4.39 Å². The summed E-state index contributed by atoms with van der Waals surface area (Å²) in [4.78, 5) is 4.44. The van der Waals surface area contributed by atoms with E-state index in [0.29, 0.717) is 12.2 Å². The average molecular weight is 388 g/mol. The van der Waals surface area contributed by atoms with Gasteiger partial charge in [0.05, 0.1) is 18.5 Å². The fourth-order valence-corrected chi connectivity index (χ4v) is 2.96. The molecule has 4 heteroatoms. The number of aromatic nitrogens is 1. The van der Waals surface area contributed by atoms with Crippen LogP contribution in [0.2, 0.25) is 0 Å². The molecule has 1 aromatic heterocycles. The van der Waals surface area contributed by atoms with Crippen LogP contribution in [0, 0.1) is 0 Å². The van der Waals surface area contributed by atoms with Gasteiger partial charge < -0.3 is 9.47 Å². The van der Waals surface area contributed by atoms with E-state index in [2.05, 4.69) is 18.8 Å². The molecule has 154 valence electrons. The Morgan fingerprint density at radius 2 is 1.54 bits per heavy atom. The second kappa shape index (κ2) is 13.1. The van der Waals surface area contributed by atoms with E-state index in [4.69, 9.17) is 9.47 Å². The molecule has 1 atom stereocenters. The third kappa shape index (κ3) is 8.28. The predicted octanol–water partition coefficient (Wildman–Crippen LogP) is 7.00. The van der Waals surface area contributed by atoms with Crippen LogP contribution in [0.15, 0.2) is 42.6 Å². The van der Waals surface area contributed by atoms with E-state index in [1.165, 1.54) is 19.3 Å². The van der Waals surface area contributed by atoms with Gasteiger partial charge >= 0.3 is 0 Å². The second-order valence-corrected chi connectivity index (χ2v) is 7.22. The summed E-state index contributed by atoms with van der Waals surface area (Å²) in [7, 11) is 0. The molecule has 28 heavy (non-hydrogen) atoms. The molecule has 0 aliphatic carbocycles. The van der Waals surface area contributed by atoms with Gasteiger partial charge in [0.25, 0.3) is 0 Å². The number of unbranched alkanes of at least 4 members (excludes halogenated alkanes) is 5. The van der Waals surface area contributed by atoms with Crippen LogP contribution in [0.1, 0.15) is 65.2 Å². The smallest absolute Gasteiger partial charge is 0.137 e. The summed E-state index contributed by atoms with van der Waals surface area (Å²) in [5, 5.41) is 0. The molecule has 3 nitrogen and oxygen atoms in total. The lowest BCUT2D eigenvalue weighted by molar-refractivity contribution is 0.183. The normalized spacial score (nSPS) is 12.0. The van der Waals surface area contributed by atoms with Gasteiger partial charge in [0.2, 0.25) is 0 Å². The van der Waals surface area contributed by atoms with E-state index in [-0.39, 0.29) is 6.61 Å². The lowest BCUT2D eigenvalue weighted by atomic mass is 10.1. The molecule has 0 fully saturated rings. The standard InChI is InChI=1S/C24H34FNO2/c1-3-5-7-9-17-27-22-13-11-20(12-14-22)24-16-15-23(18-26-24)28-19-21(25)10-8-6-4-2/h11-16,18,21H,3-10,17,19H2,1-2H3. The van der Waals surface area contributed by atoms with E-state index in [1.54, 1.807) is 6.20 Å². The summed E-state index contributed by atoms with van der Waals surface area (Å²) in [5.41, 5.74) is 1.88. The number of alkyl halides is 1. The second-order valence-electron chi connectivity index (χ2n) is 7.22. The fourth-order valence-electron chi connectivity index (χ4n) is 2.96. The molecule has 0 saturated carbocycles. The van der Waals surface area contributed by atoms with Crippen molar-refractivity contribution in [2.45, 2.75) is 71.4 Å². The van der Waals surface area contributed by atoms with Crippen molar-refractivity contribution in [3.63, 3.8) is 0 Å². The molecular formula is C24H34FNO2. The van der Waals surface area contributed by atoms with E-state index < -0.39 is 6.17 Å². The fraction of sp³-hybridized carbons (Fsp3) is 0.542. The first-order chi connectivity index (χ1) is 13.7. The number of pyridine rings is 1. The Morgan fingerprint density at radius 3 is 2.21 bits per heavy atom. The van der Waals surface area contributed by atoms with E-state index >= 15 is 0 Å². The Hall–Kier alpha value is -2.10. The van der Waals surface area contributed by atoms with Crippen molar-refractivity contribution in [1.82, 2.24) is 4.98 Å². The van der Waals surface area contributed by atoms with Crippen LogP contribution in [0.3, 0.4) is 0 Å². The predicted molar refractivity (Wildman–Crippen MR) is 114 cm³/mol. The molecule has 2 aromatic rings. The molecule has 1 unspecified atom stereocenters. The molecule has 0 amide bonds. The van der Waals surface area contributed by atoms with Crippen LogP contribution >= 0.6 is 0 Å². The summed E-state index contributed by atoms with van der Waals surface area (Å²) >= 11 is 0. The Labute approximate surface area is 169 Å². The minimum Gasteiger partial charge on any atom is -0.494 e. The highest BCUT2D eigenvalue weighted by Gasteiger charge is 2.08. The first-order valence-electron chi connectivity index (χ1n) is 10.7. The van der Waals surface area contributed by atoms with Gasteiger partial charge in [0, 0.05) is 5.56 Å². The van der Waals surface area contributed by atoms with Crippen molar-refractivity contribution in [2.75, 3.05) is 13.2 Å². The van der Waals surface area contributed by atoms with Gasteiger partial charge in [0.1, 0.15) is 24.3 Å². The number of hydrogen-bond donors (Lipinski definition) is 0. The van der Waals surface area contributed by atoms with Gasteiger partial charge in [0.15, 0.2) is 0 Å². The van der Waals surface area contributed by atoms with Crippen LogP contribution in [-0.4, -0.2) is 24.4 Å². The minimum absolute atomic E-state index is 0.0923. The Bertz CT molecular complexity index is 643. The molecule has 0 aliphatic rings. The third-order valence-electron chi connectivity index (χ3n) is 4.70. The third-order valence-corrected chi connectivity index (χ3v) is 4.70. The Kier molecular flexibility index (Phi) is 10.4. The molecule has 1 heterocycles. The van der Waals surface area contributed by atoms with Gasteiger partial charge in [-0.1, -0.05) is 52.4 Å².